The van der Waals surface area contributed by atoms with E-state index in [0.29, 0.717) is 0 Å². The third kappa shape index (κ3) is 4.02. The van der Waals surface area contributed by atoms with Crippen molar-refractivity contribution in [3.8, 4) is 11.5 Å². The molecule has 5 heteroatoms. The predicted octanol–water partition coefficient (Wildman–Crippen LogP) is 2.58. The Morgan fingerprint density at radius 2 is 1.78 bits per heavy atom. The van der Waals surface area contributed by atoms with E-state index in [1.807, 2.05) is 55.5 Å². The van der Waals surface area contributed by atoms with Gasteiger partial charge in [-0.25, -0.2) is 0 Å². The smallest absolute Gasteiger partial charge is 0.239 e. The van der Waals surface area contributed by atoms with Crippen LogP contribution in [0.2, 0.25) is 0 Å². The molecule has 0 spiro atoms. The van der Waals surface area contributed by atoms with Gasteiger partial charge in [-0.3, -0.25) is 10.1 Å². The van der Waals surface area contributed by atoms with Crippen molar-refractivity contribution in [3.63, 3.8) is 0 Å². The second-order valence-corrected chi connectivity index (χ2v) is 5.24. The van der Waals surface area contributed by atoms with Crippen molar-refractivity contribution in [1.29, 1.82) is 0 Å². The molecule has 0 bridgehead atoms. The number of hydrogen-bond acceptors (Lipinski definition) is 4. The van der Waals surface area contributed by atoms with Crippen molar-refractivity contribution in [1.82, 2.24) is 5.32 Å². The third-order valence-corrected chi connectivity index (χ3v) is 3.74. The van der Waals surface area contributed by atoms with Crippen LogP contribution in [0.1, 0.15) is 30.1 Å². The van der Waals surface area contributed by atoms with E-state index in [1.54, 1.807) is 14.2 Å². The van der Waals surface area contributed by atoms with Gasteiger partial charge < -0.3 is 15.2 Å². The number of methoxy groups -OCH3 is 2. The second kappa shape index (κ2) is 7.65. The van der Waals surface area contributed by atoms with E-state index in [0.717, 1.165) is 22.6 Å². The van der Waals surface area contributed by atoms with Gasteiger partial charge in [0.15, 0.2) is 0 Å². The van der Waals surface area contributed by atoms with E-state index in [1.165, 1.54) is 0 Å². The van der Waals surface area contributed by atoms with Crippen molar-refractivity contribution in [2.45, 2.75) is 19.0 Å². The van der Waals surface area contributed by atoms with Crippen molar-refractivity contribution in [3.05, 3.63) is 59.7 Å². The topological polar surface area (TPSA) is 73.6 Å². The Morgan fingerprint density at radius 3 is 2.35 bits per heavy atom. The monoisotopic (exact) mass is 314 g/mol. The Bertz CT molecular complexity index is 659. The van der Waals surface area contributed by atoms with E-state index < -0.39 is 11.9 Å². The lowest BCUT2D eigenvalue weighted by Gasteiger charge is -2.23. The lowest BCUT2D eigenvalue weighted by atomic mass is 10.0. The molecule has 2 aromatic rings. The van der Waals surface area contributed by atoms with Crippen LogP contribution < -0.4 is 20.5 Å². The number of amides is 1. The zero-order chi connectivity index (χ0) is 16.8. The summed E-state index contributed by atoms with van der Waals surface area (Å²) in [5.41, 5.74) is 7.29. The maximum atomic E-state index is 11.8. The lowest BCUT2D eigenvalue weighted by molar-refractivity contribution is -0.120. The van der Waals surface area contributed by atoms with Gasteiger partial charge in [-0.2, -0.15) is 0 Å². The number of carbonyl (C=O) groups excluding carboxylic acids is 1. The molecule has 23 heavy (non-hydrogen) atoms. The van der Waals surface area contributed by atoms with Gasteiger partial charge in [0.2, 0.25) is 5.91 Å². The molecule has 2 rings (SSSR count). The Hall–Kier alpha value is -2.53. The first-order chi connectivity index (χ1) is 11.1. The fourth-order valence-corrected chi connectivity index (χ4v) is 2.51. The number of benzene rings is 2. The summed E-state index contributed by atoms with van der Waals surface area (Å²) in [7, 11) is 3.22. The Labute approximate surface area is 136 Å². The fraction of sp³-hybridized carbons (Fsp3) is 0.278. The first-order valence-corrected chi connectivity index (χ1v) is 7.39. The molecular formula is C18H22N2O3. The minimum absolute atomic E-state index is 0.155. The Balaban J connectivity index is 2.29. The van der Waals surface area contributed by atoms with Crippen LogP contribution in [0.15, 0.2) is 48.5 Å². The SMILES string of the molecule is COc1ccc(OC)c([C@H](C)N[C@@H](C(N)=O)c2ccccc2)c1. The molecule has 0 radical (unpaired) electrons. The van der Waals surface area contributed by atoms with E-state index >= 15 is 0 Å². The molecule has 0 aromatic heterocycles. The molecule has 0 saturated carbocycles. The summed E-state index contributed by atoms with van der Waals surface area (Å²) >= 11 is 0. The number of carbonyl (C=O) groups is 1. The molecule has 3 N–H and O–H groups in total. The summed E-state index contributed by atoms with van der Waals surface area (Å²) < 4.78 is 10.7. The third-order valence-electron chi connectivity index (χ3n) is 3.74. The highest BCUT2D eigenvalue weighted by molar-refractivity contribution is 5.81. The zero-order valence-corrected chi connectivity index (χ0v) is 13.6. The van der Waals surface area contributed by atoms with Gasteiger partial charge in [-0.05, 0) is 30.7 Å². The second-order valence-electron chi connectivity index (χ2n) is 5.24. The highest BCUT2D eigenvalue weighted by atomic mass is 16.5. The largest absolute Gasteiger partial charge is 0.497 e. The molecule has 0 aliphatic heterocycles. The molecule has 0 aliphatic rings. The molecule has 2 aromatic carbocycles. The van der Waals surface area contributed by atoms with Crippen LogP contribution in [0, 0.1) is 0 Å². The summed E-state index contributed by atoms with van der Waals surface area (Å²) in [5, 5.41) is 3.26. The zero-order valence-electron chi connectivity index (χ0n) is 13.6. The highest BCUT2D eigenvalue weighted by Crippen LogP contribution is 2.30. The van der Waals surface area contributed by atoms with Crippen LogP contribution >= 0.6 is 0 Å². The normalized spacial score (nSPS) is 13.2. The predicted molar refractivity (Wildman–Crippen MR) is 89.5 cm³/mol. The van der Waals surface area contributed by atoms with Gasteiger partial charge in [-0.1, -0.05) is 30.3 Å². The van der Waals surface area contributed by atoms with E-state index in [9.17, 15) is 4.79 Å². The van der Waals surface area contributed by atoms with Crippen molar-refractivity contribution >= 4 is 5.91 Å². The summed E-state index contributed by atoms with van der Waals surface area (Å²) in [4.78, 5) is 11.8. The van der Waals surface area contributed by atoms with Gasteiger partial charge >= 0.3 is 0 Å². The summed E-state index contributed by atoms with van der Waals surface area (Å²) in [5.74, 6) is 1.02. The number of ether oxygens (including phenoxy) is 2. The van der Waals surface area contributed by atoms with Crippen LogP contribution in [-0.4, -0.2) is 20.1 Å². The van der Waals surface area contributed by atoms with E-state index in [4.69, 9.17) is 15.2 Å². The number of nitrogens with one attached hydrogen (secondary N) is 1. The Kier molecular flexibility index (Phi) is 5.60. The molecule has 5 nitrogen and oxygen atoms in total. The van der Waals surface area contributed by atoms with E-state index in [2.05, 4.69) is 5.32 Å². The van der Waals surface area contributed by atoms with Crippen LogP contribution in [0.4, 0.5) is 0 Å². The molecule has 1 amide bonds. The maximum Gasteiger partial charge on any atom is 0.239 e. The number of nitrogens with two attached hydrogens (primary N) is 1. The molecule has 0 saturated heterocycles. The van der Waals surface area contributed by atoms with E-state index in [-0.39, 0.29) is 6.04 Å². The lowest BCUT2D eigenvalue weighted by Crippen LogP contribution is -2.35. The highest BCUT2D eigenvalue weighted by Gasteiger charge is 2.22. The maximum absolute atomic E-state index is 11.8. The van der Waals surface area contributed by atoms with Gasteiger partial charge in [0.1, 0.15) is 17.5 Å². The van der Waals surface area contributed by atoms with Gasteiger partial charge in [0.05, 0.1) is 14.2 Å². The molecule has 0 heterocycles. The number of hydrogen-bond donors (Lipinski definition) is 2. The minimum atomic E-state index is -0.581. The molecular weight excluding hydrogens is 292 g/mol. The molecule has 2 atom stereocenters. The average molecular weight is 314 g/mol. The van der Waals surface area contributed by atoms with Crippen LogP contribution in [0.5, 0.6) is 11.5 Å². The minimum Gasteiger partial charge on any atom is -0.497 e. The molecule has 0 unspecified atom stereocenters. The number of primary amides is 1. The van der Waals surface area contributed by atoms with Crippen LogP contribution in [0.25, 0.3) is 0 Å². The summed E-state index contributed by atoms with van der Waals surface area (Å²) in [6.45, 7) is 1.95. The average Bonchev–Trinajstić information content (AvgIpc) is 2.59. The molecule has 122 valence electrons. The first kappa shape index (κ1) is 16.8. The van der Waals surface area contributed by atoms with Crippen molar-refractivity contribution in [2.24, 2.45) is 5.73 Å². The van der Waals surface area contributed by atoms with Crippen LogP contribution in [-0.2, 0) is 4.79 Å². The van der Waals surface area contributed by atoms with Crippen molar-refractivity contribution in [2.75, 3.05) is 14.2 Å². The Morgan fingerprint density at radius 1 is 1.09 bits per heavy atom. The summed E-state index contributed by atoms with van der Waals surface area (Å²) in [6.07, 6.45) is 0. The van der Waals surface area contributed by atoms with Crippen LogP contribution in [0.3, 0.4) is 0 Å². The molecule has 0 aliphatic carbocycles. The quantitative estimate of drug-likeness (QED) is 0.824. The van der Waals surface area contributed by atoms with Gasteiger partial charge in [-0.15, -0.1) is 0 Å². The standard InChI is InChI=1S/C18H22N2O3/c1-12(15-11-14(22-2)9-10-16(15)23-3)20-17(18(19)21)13-7-5-4-6-8-13/h4-12,17,20H,1-3H3,(H2,19,21)/t12-,17+/m0/s1. The first-order valence-electron chi connectivity index (χ1n) is 7.39. The fourth-order valence-electron chi connectivity index (χ4n) is 2.51. The van der Waals surface area contributed by atoms with Gasteiger partial charge in [0.25, 0.3) is 0 Å². The summed E-state index contributed by atoms with van der Waals surface area (Å²) in [6, 6.07) is 14.2. The van der Waals surface area contributed by atoms with Crippen molar-refractivity contribution < 1.29 is 14.3 Å². The van der Waals surface area contributed by atoms with Gasteiger partial charge in [0, 0.05) is 11.6 Å². The number of rotatable bonds is 7. The molecule has 0 fully saturated rings.